The Bertz CT molecular complexity index is 644. The molecule has 0 bridgehead atoms. The van der Waals surface area contributed by atoms with Gasteiger partial charge >= 0.3 is 0 Å². The molecule has 2 aromatic rings. The molecule has 0 aliphatic carbocycles. The summed E-state index contributed by atoms with van der Waals surface area (Å²) >= 11 is 1.68. The zero-order valence-corrected chi connectivity index (χ0v) is 12.9. The maximum absolute atomic E-state index is 7.61. The Kier molecular flexibility index (Phi) is 5.11. The maximum atomic E-state index is 7.61. The summed E-state index contributed by atoms with van der Waals surface area (Å²) in [5.74, 6) is 2.26. The van der Waals surface area contributed by atoms with E-state index in [1.54, 1.807) is 26.0 Å². The van der Waals surface area contributed by atoms with E-state index >= 15 is 0 Å². The van der Waals surface area contributed by atoms with Crippen LogP contribution in [-0.2, 0) is 5.75 Å². The number of nitrogens with two attached hydrogens (primary N) is 1. The summed E-state index contributed by atoms with van der Waals surface area (Å²) in [5.41, 5.74) is 7.29. The van der Waals surface area contributed by atoms with Gasteiger partial charge in [-0.25, -0.2) is 0 Å². The number of hydrogen-bond donors (Lipinski definition) is 2. The average molecular weight is 302 g/mol. The van der Waals surface area contributed by atoms with Crippen molar-refractivity contribution in [1.29, 1.82) is 5.41 Å². The minimum absolute atomic E-state index is 0.0102. The molecule has 0 spiro atoms. The molecule has 0 heterocycles. The molecular weight excluding hydrogens is 284 g/mol. The second-order valence-electron chi connectivity index (χ2n) is 4.39. The van der Waals surface area contributed by atoms with Crippen LogP contribution >= 0.6 is 11.8 Å². The smallest absolute Gasteiger partial charge is 0.132 e. The first kappa shape index (κ1) is 15.3. The molecule has 5 heteroatoms. The molecular formula is C16H18N2O2S. The average Bonchev–Trinajstić information content (AvgIpc) is 2.52. The highest BCUT2D eigenvalue weighted by atomic mass is 32.2. The van der Waals surface area contributed by atoms with Gasteiger partial charge in [-0.15, -0.1) is 11.8 Å². The van der Waals surface area contributed by atoms with E-state index in [0.717, 1.165) is 22.0 Å². The number of thioether (sulfide) groups is 1. The topological polar surface area (TPSA) is 68.3 Å². The molecule has 21 heavy (non-hydrogen) atoms. The van der Waals surface area contributed by atoms with Gasteiger partial charge in [-0.1, -0.05) is 18.2 Å². The minimum Gasteiger partial charge on any atom is -0.496 e. The molecule has 0 aromatic heterocycles. The third-order valence-corrected chi connectivity index (χ3v) is 4.14. The summed E-state index contributed by atoms with van der Waals surface area (Å²) in [4.78, 5) is 1.08. The van der Waals surface area contributed by atoms with E-state index in [4.69, 9.17) is 20.6 Å². The number of methoxy groups -OCH3 is 2. The van der Waals surface area contributed by atoms with Crippen molar-refractivity contribution in [1.82, 2.24) is 0 Å². The SMILES string of the molecule is COc1ccccc1SCc1ccc(OC)c(C(=N)N)c1. The lowest BCUT2D eigenvalue weighted by Crippen LogP contribution is -2.12. The van der Waals surface area contributed by atoms with Crippen molar-refractivity contribution in [2.75, 3.05) is 14.2 Å². The van der Waals surface area contributed by atoms with E-state index < -0.39 is 0 Å². The molecule has 0 aliphatic heterocycles. The van der Waals surface area contributed by atoms with Gasteiger partial charge in [-0.2, -0.15) is 0 Å². The van der Waals surface area contributed by atoms with Crippen LogP contribution in [0.4, 0.5) is 0 Å². The molecule has 0 radical (unpaired) electrons. The highest BCUT2D eigenvalue weighted by Gasteiger charge is 2.08. The molecule has 0 saturated carbocycles. The van der Waals surface area contributed by atoms with Crippen LogP contribution in [0.2, 0.25) is 0 Å². The van der Waals surface area contributed by atoms with E-state index in [2.05, 4.69) is 0 Å². The number of para-hydroxylation sites is 1. The minimum atomic E-state index is 0.0102. The van der Waals surface area contributed by atoms with Crippen LogP contribution in [0.15, 0.2) is 47.4 Å². The molecule has 0 unspecified atom stereocenters. The lowest BCUT2D eigenvalue weighted by molar-refractivity contribution is 0.405. The number of rotatable bonds is 6. The third-order valence-electron chi connectivity index (χ3n) is 3.02. The Morgan fingerprint density at radius 1 is 1.10 bits per heavy atom. The van der Waals surface area contributed by atoms with Crippen LogP contribution in [0, 0.1) is 5.41 Å². The largest absolute Gasteiger partial charge is 0.496 e. The van der Waals surface area contributed by atoms with Crippen LogP contribution < -0.4 is 15.2 Å². The first-order valence-electron chi connectivity index (χ1n) is 6.43. The number of benzene rings is 2. The van der Waals surface area contributed by atoms with E-state index in [0.29, 0.717) is 11.3 Å². The highest BCUT2D eigenvalue weighted by molar-refractivity contribution is 7.98. The van der Waals surface area contributed by atoms with Gasteiger partial charge in [0.2, 0.25) is 0 Å². The van der Waals surface area contributed by atoms with E-state index in [1.807, 2.05) is 42.5 Å². The number of nitrogens with one attached hydrogen (secondary N) is 1. The molecule has 0 aliphatic rings. The van der Waals surface area contributed by atoms with Gasteiger partial charge in [-0.3, -0.25) is 5.41 Å². The summed E-state index contributed by atoms with van der Waals surface area (Å²) in [7, 11) is 3.24. The standard InChI is InChI=1S/C16H18N2O2S/c1-19-13-8-7-11(9-12(13)16(17)18)10-21-15-6-4-3-5-14(15)20-2/h3-9H,10H2,1-2H3,(H3,17,18). The van der Waals surface area contributed by atoms with Crippen LogP contribution in [0.1, 0.15) is 11.1 Å². The summed E-state index contributed by atoms with van der Waals surface area (Å²) in [6.07, 6.45) is 0. The molecule has 4 nitrogen and oxygen atoms in total. The number of hydrogen-bond acceptors (Lipinski definition) is 4. The molecule has 3 N–H and O–H groups in total. The van der Waals surface area contributed by atoms with Crippen LogP contribution in [0.3, 0.4) is 0 Å². The fourth-order valence-corrected chi connectivity index (χ4v) is 2.92. The number of nitrogen functional groups attached to an aromatic ring is 1. The van der Waals surface area contributed by atoms with Crippen molar-refractivity contribution >= 4 is 17.6 Å². The summed E-state index contributed by atoms with van der Waals surface area (Å²) < 4.78 is 10.6. The monoisotopic (exact) mass is 302 g/mol. The van der Waals surface area contributed by atoms with E-state index in [1.165, 1.54) is 0 Å². The Labute approximate surface area is 128 Å². The number of ether oxygens (including phenoxy) is 2. The van der Waals surface area contributed by atoms with Gasteiger partial charge < -0.3 is 15.2 Å². The van der Waals surface area contributed by atoms with Crippen molar-refractivity contribution in [3.05, 3.63) is 53.6 Å². The zero-order valence-electron chi connectivity index (χ0n) is 12.1. The quantitative estimate of drug-likeness (QED) is 0.488. The molecule has 2 rings (SSSR count). The maximum Gasteiger partial charge on any atom is 0.132 e. The lowest BCUT2D eigenvalue weighted by atomic mass is 10.1. The van der Waals surface area contributed by atoms with Gasteiger partial charge in [0.25, 0.3) is 0 Å². The Morgan fingerprint density at radius 3 is 2.48 bits per heavy atom. The van der Waals surface area contributed by atoms with Crippen LogP contribution in [0.5, 0.6) is 11.5 Å². The predicted octanol–water partition coefficient (Wildman–Crippen LogP) is 3.28. The van der Waals surface area contributed by atoms with Crippen molar-refractivity contribution < 1.29 is 9.47 Å². The Balaban J connectivity index is 2.17. The predicted molar refractivity (Wildman–Crippen MR) is 86.6 cm³/mol. The van der Waals surface area contributed by atoms with E-state index in [-0.39, 0.29) is 5.84 Å². The zero-order chi connectivity index (χ0) is 15.2. The van der Waals surface area contributed by atoms with Crippen molar-refractivity contribution in [2.24, 2.45) is 5.73 Å². The summed E-state index contributed by atoms with van der Waals surface area (Å²) in [6.45, 7) is 0. The Morgan fingerprint density at radius 2 is 1.81 bits per heavy atom. The molecule has 0 saturated heterocycles. The van der Waals surface area contributed by atoms with Crippen LogP contribution in [-0.4, -0.2) is 20.1 Å². The first-order chi connectivity index (χ1) is 10.2. The van der Waals surface area contributed by atoms with Crippen molar-refractivity contribution in [2.45, 2.75) is 10.6 Å². The second kappa shape index (κ2) is 7.04. The van der Waals surface area contributed by atoms with Gasteiger partial charge in [0.05, 0.1) is 19.8 Å². The highest BCUT2D eigenvalue weighted by Crippen LogP contribution is 2.32. The third kappa shape index (κ3) is 3.70. The van der Waals surface area contributed by atoms with Gasteiger partial charge in [0, 0.05) is 10.6 Å². The second-order valence-corrected chi connectivity index (χ2v) is 5.41. The van der Waals surface area contributed by atoms with Crippen molar-refractivity contribution in [3.8, 4) is 11.5 Å². The molecule has 2 aromatic carbocycles. The lowest BCUT2D eigenvalue weighted by Gasteiger charge is -2.11. The first-order valence-corrected chi connectivity index (χ1v) is 7.41. The molecule has 0 atom stereocenters. The molecule has 0 amide bonds. The Hall–Kier alpha value is -2.14. The molecule has 110 valence electrons. The fraction of sp³-hybridized carbons (Fsp3) is 0.188. The molecule has 0 fully saturated rings. The van der Waals surface area contributed by atoms with E-state index in [9.17, 15) is 0 Å². The van der Waals surface area contributed by atoms with Crippen molar-refractivity contribution in [3.63, 3.8) is 0 Å². The van der Waals surface area contributed by atoms with Gasteiger partial charge in [0.1, 0.15) is 17.3 Å². The summed E-state index contributed by atoms with van der Waals surface area (Å²) in [5, 5.41) is 7.61. The van der Waals surface area contributed by atoms with Gasteiger partial charge in [0.15, 0.2) is 0 Å². The van der Waals surface area contributed by atoms with Gasteiger partial charge in [-0.05, 0) is 29.8 Å². The normalized spacial score (nSPS) is 10.2. The summed E-state index contributed by atoms with van der Waals surface area (Å²) in [6, 6.07) is 13.6. The fourth-order valence-electron chi connectivity index (χ4n) is 1.95. The van der Waals surface area contributed by atoms with Crippen LogP contribution in [0.25, 0.3) is 0 Å². The number of amidine groups is 1.